The van der Waals surface area contributed by atoms with Crippen LogP contribution in [0.5, 0.6) is 11.5 Å². The van der Waals surface area contributed by atoms with Crippen LogP contribution in [0.15, 0.2) is 48.3 Å². The molecule has 0 spiro atoms. The Kier molecular flexibility index (Phi) is 9.03. The van der Waals surface area contributed by atoms with Crippen LogP contribution >= 0.6 is 0 Å². The number of ether oxygens (including phenoxy) is 3. The highest BCUT2D eigenvalue weighted by Gasteiger charge is 2.22. The van der Waals surface area contributed by atoms with Crippen molar-refractivity contribution in [2.45, 2.75) is 58.7 Å². The van der Waals surface area contributed by atoms with E-state index in [-0.39, 0.29) is 36.6 Å². The van der Waals surface area contributed by atoms with Crippen molar-refractivity contribution in [2.24, 2.45) is 5.92 Å². The lowest BCUT2D eigenvalue weighted by atomic mass is 9.91. The third kappa shape index (κ3) is 6.76. The van der Waals surface area contributed by atoms with Gasteiger partial charge in [0, 0.05) is 0 Å². The first-order chi connectivity index (χ1) is 15.5. The maximum Gasteiger partial charge on any atom is 0.204 e. The summed E-state index contributed by atoms with van der Waals surface area (Å²) in [5.41, 5.74) is 1.95. The lowest BCUT2D eigenvalue weighted by Gasteiger charge is -2.29. The van der Waals surface area contributed by atoms with Crippen LogP contribution in [0.2, 0.25) is 0 Å². The second kappa shape index (κ2) is 12.0. The molecule has 1 fully saturated rings. The van der Waals surface area contributed by atoms with E-state index < -0.39 is 11.6 Å². The van der Waals surface area contributed by atoms with Gasteiger partial charge in [-0.2, -0.15) is 8.78 Å². The van der Waals surface area contributed by atoms with Crippen molar-refractivity contribution in [3.63, 3.8) is 0 Å². The Labute approximate surface area is 188 Å². The average molecular weight is 449 g/mol. The summed E-state index contributed by atoms with van der Waals surface area (Å²) in [5.74, 6) is -1.95. The number of benzene rings is 2. The summed E-state index contributed by atoms with van der Waals surface area (Å²) in [4.78, 5) is 0. The third-order valence-electron chi connectivity index (χ3n) is 5.67. The molecule has 2 aromatic rings. The second-order valence-electron chi connectivity index (χ2n) is 8.14. The zero-order valence-electron chi connectivity index (χ0n) is 18.7. The highest BCUT2D eigenvalue weighted by Crippen LogP contribution is 2.33. The fourth-order valence-electron chi connectivity index (χ4n) is 3.89. The Morgan fingerprint density at radius 1 is 1.03 bits per heavy atom. The van der Waals surface area contributed by atoms with E-state index in [1.165, 1.54) is 19.1 Å². The largest absolute Gasteiger partial charge is 0.491 e. The molecular formula is C26H31F3O3. The zero-order valence-corrected chi connectivity index (χ0v) is 18.7. The number of unbranched alkanes of at least 4 members (excludes halogenated alkanes) is 1. The molecular weight excluding hydrogens is 417 g/mol. The molecule has 0 radical (unpaired) electrons. The van der Waals surface area contributed by atoms with Crippen molar-refractivity contribution in [3.05, 3.63) is 71.1 Å². The normalized spacial score (nSPS) is 19.1. The Bertz CT molecular complexity index is 884. The predicted octanol–water partition coefficient (Wildman–Crippen LogP) is 7.45. The Hall–Kier alpha value is -2.47. The number of halogens is 3. The summed E-state index contributed by atoms with van der Waals surface area (Å²) < 4.78 is 57.4. The van der Waals surface area contributed by atoms with E-state index >= 15 is 0 Å². The number of hydrogen-bond donors (Lipinski definition) is 0. The van der Waals surface area contributed by atoms with Gasteiger partial charge in [0.05, 0.1) is 25.1 Å². The van der Waals surface area contributed by atoms with Crippen LogP contribution in [0.1, 0.15) is 63.2 Å². The average Bonchev–Trinajstić information content (AvgIpc) is 2.80. The van der Waals surface area contributed by atoms with Gasteiger partial charge in [0.15, 0.2) is 11.5 Å². The van der Waals surface area contributed by atoms with E-state index in [1.807, 2.05) is 24.3 Å². The molecule has 2 aromatic carbocycles. The molecule has 0 N–H and O–H groups in total. The van der Waals surface area contributed by atoms with Gasteiger partial charge < -0.3 is 14.2 Å². The molecule has 0 aliphatic carbocycles. The number of rotatable bonds is 10. The molecule has 1 saturated heterocycles. The van der Waals surface area contributed by atoms with Crippen molar-refractivity contribution in [3.8, 4) is 11.5 Å². The monoisotopic (exact) mass is 448 g/mol. The van der Waals surface area contributed by atoms with Gasteiger partial charge in [-0.3, -0.25) is 0 Å². The van der Waals surface area contributed by atoms with Gasteiger partial charge in [0.1, 0.15) is 6.61 Å². The fraction of sp³-hybridized carbons (Fsp3) is 0.462. The maximum absolute atomic E-state index is 14.1. The highest BCUT2D eigenvalue weighted by atomic mass is 19.2. The van der Waals surface area contributed by atoms with Crippen molar-refractivity contribution < 1.29 is 27.4 Å². The molecule has 1 aliphatic heterocycles. The van der Waals surface area contributed by atoms with Gasteiger partial charge in [0.25, 0.3) is 0 Å². The SMILES string of the molecule is CCOc1ccc(OCc2ccc(C3CCC(CCC/C=C(/C)F)CO3)cc2)c(F)c1F. The molecule has 174 valence electrons. The molecule has 0 amide bonds. The first-order valence-corrected chi connectivity index (χ1v) is 11.2. The Morgan fingerprint density at radius 2 is 1.72 bits per heavy atom. The lowest BCUT2D eigenvalue weighted by molar-refractivity contribution is -0.0197. The van der Waals surface area contributed by atoms with Crippen LogP contribution in [0.4, 0.5) is 13.2 Å². The van der Waals surface area contributed by atoms with Gasteiger partial charge in [-0.15, -0.1) is 0 Å². The standard InChI is InChI=1S/C26H31F3O3/c1-3-30-23-14-15-24(26(29)25(23)28)32-17-20-8-11-21(12-9-20)22-13-10-19(16-31-22)7-5-4-6-18(2)27/h6,8-9,11-12,14-15,19,22H,3-5,7,10,13,16-17H2,1-2H3/b18-6-. The highest BCUT2D eigenvalue weighted by molar-refractivity contribution is 5.35. The van der Waals surface area contributed by atoms with Crippen molar-refractivity contribution in [1.82, 2.24) is 0 Å². The van der Waals surface area contributed by atoms with Gasteiger partial charge >= 0.3 is 0 Å². The van der Waals surface area contributed by atoms with E-state index in [0.717, 1.165) is 49.8 Å². The van der Waals surface area contributed by atoms with Crippen molar-refractivity contribution in [2.75, 3.05) is 13.2 Å². The molecule has 32 heavy (non-hydrogen) atoms. The summed E-state index contributed by atoms with van der Waals surface area (Å²) in [5, 5.41) is 0. The molecule has 3 rings (SSSR count). The molecule has 2 unspecified atom stereocenters. The van der Waals surface area contributed by atoms with Crippen LogP contribution in [0, 0.1) is 17.6 Å². The van der Waals surface area contributed by atoms with E-state index in [0.29, 0.717) is 5.92 Å². The van der Waals surface area contributed by atoms with Crippen LogP contribution in [0.25, 0.3) is 0 Å². The van der Waals surface area contributed by atoms with Crippen LogP contribution in [0.3, 0.4) is 0 Å². The summed E-state index contributed by atoms with van der Waals surface area (Å²) in [6, 6.07) is 10.6. The number of allylic oxidation sites excluding steroid dienone is 2. The molecule has 3 nitrogen and oxygen atoms in total. The molecule has 0 saturated carbocycles. The zero-order chi connectivity index (χ0) is 22.9. The minimum absolute atomic E-state index is 0.0619. The fourth-order valence-corrected chi connectivity index (χ4v) is 3.89. The predicted molar refractivity (Wildman–Crippen MR) is 118 cm³/mol. The first-order valence-electron chi connectivity index (χ1n) is 11.2. The topological polar surface area (TPSA) is 27.7 Å². The molecule has 6 heteroatoms. The smallest absolute Gasteiger partial charge is 0.204 e. The van der Waals surface area contributed by atoms with E-state index in [2.05, 4.69) is 0 Å². The quantitative estimate of drug-likeness (QED) is 0.353. The van der Waals surface area contributed by atoms with Gasteiger partial charge in [-0.05, 0) is 75.1 Å². The van der Waals surface area contributed by atoms with Gasteiger partial charge in [0.2, 0.25) is 11.6 Å². The minimum atomic E-state index is -1.05. The molecule has 1 aliphatic rings. The molecule has 1 heterocycles. The summed E-state index contributed by atoms with van der Waals surface area (Å²) in [6.07, 6.45) is 6.55. The van der Waals surface area contributed by atoms with Crippen molar-refractivity contribution in [1.29, 1.82) is 0 Å². The van der Waals surface area contributed by atoms with Gasteiger partial charge in [-0.1, -0.05) is 30.3 Å². The van der Waals surface area contributed by atoms with E-state index in [4.69, 9.17) is 14.2 Å². The van der Waals surface area contributed by atoms with Crippen molar-refractivity contribution >= 4 is 0 Å². The van der Waals surface area contributed by atoms with Gasteiger partial charge in [-0.25, -0.2) is 4.39 Å². The summed E-state index contributed by atoms with van der Waals surface area (Å²) in [7, 11) is 0. The lowest BCUT2D eigenvalue weighted by Crippen LogP contribution is -2.20. The minimum Gasteiger partial charge on any atom is -0.491 e. The summed E-state index contributed by atoms with van der Waals surface area (Å²) >= 11 is 0. The molecule has 0 bridgehead atoms. The number of hydrogen-bond acceptors (Lipinski definition) is 3. The van der Waals surface area contributed by atoms with Crippen LogP contribution in [-0.2, 0) is 11.3 Å². The molecule has 2 atom stereocenters. The second-order valence-corrected chi connectivity index (χ2v) is 8.14. The summed E-state index contributed by atoms with van der Waals surface area (Å²) in [6.45, 7) is 4.29. The van der Waals surface area contributed by atoms with Crippen LogP contribution < -0.4 is 9.47 Å². The van der Waals surface area contributed by atoms with Crippen LogP contribution in [-0.4, -0.2) is 13.2 Å². The maximum atomic E-state index is 14.1. The molecule has 0 aromatic heterocycles. The third-order valence-corrected chi connectivity index (χ3v) is 5.67. The Morgan fingerprint density at radius 3 is 2.31 bits per heavy atom. The van der Waals surface area contributed by atoms with E-state index in [1.54, 1.807) is 13.0 Å². The van der Waals surface area contributed by atoms with E-state index in [9.17, 15) is 13.2 Å². The Balaban J connectivity index is 1.47. The first kappa shape index (κ1) is 24.2.